The highest BCUT2D eigenvalue weighted by Gasteiger charge is 2.38. The average molecular weight is 273 g/mol. The summed E-state index contributed by atoms with van der Waals surface area (Å²) in [5, 5.41) is 0. The Morgan fingerprint density at radius 3 is 2.95 bits per heavy atom. The third-order valence-electron chi connectivity index (χ3n) is 5.58. The van der Waals surface area contributed by atoms with E-state index in [0.717, 1.165) is 6.54 Å². The molecule has 0 amide bonds. The van der Waals surface area contributed by atoms with Crippen molar-refractivity contribution in [2.45, 2.75) is 38.6 Å². The molecule has 5 rings (SSSR count). The zero-order valence-electron chi connectivity index (χ0n) is 12.6. The Hall–Kier alpha value is -2.02. The molecule has 0 saturated heterocycles. The predicted octanol–water partition coefficient (Wildman–Crippen LogP) is 4.91. The molecule has 0 atom stereocenters. The minimum Gasteiger partial charge on any atom is -0.343 e. The van der Waals surface area contributed by atoms with Crippen LogP contribution in [0.3, 0.4) is 0 Å². The van der Waals surface area contributed by atoms with E-state index in [4.69, 9.17) is 0 Å². The van der Waals surface area contributed by atoms with E-state index >= 15 is 0 Å². The van der Waals surface area contributed by atoms with Gasteiger partial charge in [0.25, 0.3) is 0 Å². The monoisotopic (exact) mass is 273 g/mol. The summed E-state index contributed by atoms with van der Waals surface area (Å²) < 4.78 is 2.36. The van der Waals surface area contributed by atoms with Gasteiger partial charge in [-0.2, -0.15) is 0 Å². The van der Waals surface area contributed by atoms with Gasteiger partial charge in [-0.05, 0) is 59.4 Å². The lowest BCUT2D eigenvalue weighted by Crippen LogP contribution is -2.17. The smallest absolute Gasteiger partial charge is 0.0486 e. The van der Waals surface area contributed by atoms with Crippen LogP contribution in [0.4, 0.5) is 0 Å². The lowest BCUT2D eigenvalue weighted by atomic mass is 9.78. The molecule has 0 bridgehead atoms. The molecular weight excluding hydrogens is 254 g/mol. The van der Waals surface area contributed by atoms with E-state index in [0.29, 0.717) is 0 Å². The second kappa shape index (κ2) is 3.59. The first-order chi connectivity index (χ1) is 10.2. The second-order valence-corrected chi connectivity index (χ2v) is 7.03. The van der Waals surface area contributed by atoms with E-state index in [1.807, 2.05) is 0 Å². The van der Waals surface area contributed by atoms with Gasteiger partial charge in [0.15, 0.2) is 0 Å². The Balaban J connectivity index is 1.79. The molecule has 0 fully saturated rings. The number of aromatic nitrogens is 1. The van der Waals surface area contributed by atoms with Gasteiger partial charge in [-0.25, -0.2) is 0 Å². The number of fused-ring (bicyclic) bond motifs is 5. The zero-order chi connectivity index (χ0) is 14.2. The molecule has 21 heavy (non-hydrogen) atoms. The number of nitrogens with zero attached hydrogens (tertiary/aromatic N) is 1. The molecule has 2 aliphatic carbocycles. The molecular formula is C20H19N. The highest BCUT2D eigenvalue weighted by Crippen LogP contribution is 2.52. The first kappa shape index (κ1) is 11.6. The summed E-state index contributed by atoms with van der Waals surface area (Å²) in [4.78, 5) is 0. The van der Waals surface area contributed by atoms with Gasteiger partial charge in [0.05, 0.1) is 0 Å². The van der Waals surface area contributed by atoms with E-state index in [1.165, 1.54) is 46.4 Å². The second-order valence-electron chi connectivity index (χ2n) is 7.03. The van der Waals surface area contributed by atoms with Gasteiger partial charge in [-0.1, -0.05) is 31.6 Å². The van der Waals surface area contributed by atoms with Crippen molar-refractivity contribution in [2.75, 3.05) is 0 Å². The van der Waals surface area contributed by atoms with Crippen LogP contribution in [0.1, 0.15) is 43.4 Å². The minimum absolute atomic E-state index is 0.185. The van der Waals surface area contributed by atoms with Crippen molar-refractivity contribution in [1.82, 2.24) is 4.57 Å². The van der Waals surface area contributed by atoms with Crippen LogP contribution in [0.5, 0.6) is 0 Å². The van der Waals surface area contributed by atoms with Crippen LogP contribution in [0.15, 0.2) is 48.2 Å². The topological polar surface area (TPSA) is 4.93 Å². The van der Waals surface area contributed by atoms with Crippen molar-refractivity contribution in [3.63, 3.8) is 0 Å². The van der Waals surface area contributed by atoms with Crippen LogP contribution in [-0.4, -0.2) is 4.57 Å². The minimum atomic E-state index is 0.185. The van der Waals surface area contributed by atoms with Crippen LogP contribution in [0.2, 0.25) is 0 Å². The van der Waals surface area contributed by atoms with Crippen LogP contribution in [-0.2, 0) is 12.0 Å². The van der Waals surface area contributed by atoms with Crippen molar-refractivity contribution < 1.29 is 0 Å². The zero-order valence-corrected chi connectivity index (χ0v) is 12.6. The SMILES string of the molecule is CC1(C)C2=C(C=CCC2)c2cc3c(cc21)-c1cccn1C3. The maximum atomic E-state index is 2.47. The molecule has 0 saturated carbocycles. The Kier molecular flexibility index (Phi) is 1.99. The summed E-state index contributed by atoms with van der Waals surface area (Å²) in [6, 6.07) is 9.32. The Labute approximate surface area is 125 Å². The van der Waals surface area contributed by atoms with Gasteiger partial charge < -0.3 is 4.57 Å². The molecule has 104 valence electrons. The molecule has 2 heterocycles. The van der Waals surface area contributed by atoms with E-state index < -0.39 is 0 Å². The Bertz CT molecular complexity index is 843. The molecule has 0 N–H and O–H groups in total. The lowest BCUT2D eigenvalue weighted by molar-refractivity contribution is 0.607. The van der Waals surface area contributed by atoms with E-state index in [1.54, 1.807) is 5.57 Å². The molecule has 0 unspecified atom stereocenters. The lowest BCUT2D eigenvalue weighted by Gasteiger charge is -2.26. The molecule has 0 radical (unpaired) electrons. The summed E-state index contributed by atoms with van der Waals surface area (Å²) in [5.41, 5.74) is 10.6. The van der Waals surface area contributed by atoms with Gasteiger partial charge in [0.2, 0.25) is 0 Å². The average Bonchev–Trinajstić information content (AvgIpc) is 3.11. The molecule has 1 aliphatic heterocycles. The van der Waals surface area contributed by atoms with Gasteiger partial charge in [0.1, 0.15) is 0 Å². The number of rotatable bonds is 0. The molecule has 1 nitrogen and oxygen atoms in total. The highest BCUT2D eigenvalue weighted by atomic mass is 15.0. The molecule has 3 aliphatic rings. The molecule has 1 aromatic heterocycles. The fourth-order valence-corrected chi connectivity index (χ4v) is 4.46. The quantitative estimate of drug-likeness (QED) is 0.548. The van der Waals surface area contributed by atoms with E-state index in [2.05, 4.69) is 61.0 Å². The molecule has 1 heteroatoms. The third kappa shape index (κ3) is 1.32. The number of hydrogen-bond donors (Lipinski definition) is 0. The summed E-state index contributed by atoms with van der Waals surface area (Å²) >= 11 is 0. The van der Waals surface area contributed by atoms with Gasteiger partial charge >= 0.3 is 0 Å². The largest absolute Gasteiger partial charge is 0.343 e. The van der Waals surface area contributed by atoms with Crippen molar-refractivity contribution >= 4 is 5.57 Å². The fourth-order valence-electron chi connectivity index (χ4n) is 4.46. The summed E-state index contributed by atoms with van der Waals surface area (Å²) in [7, 11) is 0. The molecule has 0 spiro atoms. The number of hydrogen-bond acceptors (Lipinski definition) is 0. The normalized spacial score (nSPS) is 20.3. The number of allylic oxidation sites excluding steroid dienone is 4. The third-order valence-corrected chi connectivity index (χ3v) is 5.58. The van der Waals surface area contributed by atoms with Crippen LogP contribution < -0.4 is 0 Å². The molecule has 1 aromatic carbocycles. The first-order valence-corrected chi connectivity index (χ1v) is 7.90. The van der Waals surface area contributed by atoms with Crippen molar-refractivity contribution in [3.05, 3.63) is 64.9 Å². The summed E-state index contributed by atoms with van der Waals surface area (Å²) in [6.45, 7) is 5.82. The standard InChI is InChI=1S/C20H19N/c1-20(2)17-7-4-3-6-14(17)16-10-13-12-21-9-5-8-19(21)15(13)11-18(16)20/h3,5-6,8-11H,4,7,12H2,1-2H3. The van der Waals surface area contributed by atoms with E-state index in [9.17, 15) is 0 Å². The van der Waals surface area contributed by atoms with Crippen LogP contribution >= 0.6 is 0 Å². The van der Waals surface area contributed by atoms with Crippen molar-refractivity contribution in [1.29, 1.82) is 0 Å². The Morgan fingerprint density at radius 1 is 1.14 bits per heavy atom. The molecule has 2 aromatic rings. The predicted molar refractivity (Wildman–Crippen MR) is 87.3 cm³/mol. The summed E-state index contributed by atoms with van der Waals surface area (Å²) in [5.74, 6) is 0. The van der Waals surface area contributed by atoms with E-state index in [-0.39, 0.29) is 5.41 Å². The Morgan fingerprint density at radius 2 is 2.05 bits per heavy atom. The van der Waals surface area contributed by atoms with Crippen molar-refractivity contribution in [3.8, 4) is 11.3 Å². The van der Waals surface area contributed by atoms with Crippen LogP contribution in [0, 0.1) is 0 Å². The number of benzene rings is 1. The highest BCUT2D eigenvalue weighted by molar-refractivity contribution is 5.89. The van der Waals surface area contributed by atoms with Gasteiger partial charge in [0, 0.05) is 29.4 Å². The fraction of sp³-hybridized carbons (Fsp3) is 0.300. The maximum Gasteiger partial charge on any atom is 0.0486 e. The van der Waals surface area contributed by atoms with Crippen molar-refractivity contribution in [2.24, 2.45) is 0 Å². The van der Waals surface area contributed by atoms with Gasteiger partial charge in [-0.15, -0.1) is 0 Å². The maximum absolute atomic E-state index is 2.47. The van der Waals surface area contributed by atoms with Crippen LogP contribution in [0.25, 0.3) is 16.8 Å². The van der Waals surface area contributed by atoms with Gasteiger partial charge in [-0.3, -0.25) is 0 Å². The summed E-state index contributed by atoms with van der Waals surface area (Å²) in [6.07, 6.45) is 9.29. The first-order valence-electron chi connectivity index (χ1n) is 7.90.